The summed E-state index contributed by atoms with van der Waals surface area (Å²) in [6.07, 6.45) is -0.0232. The molecule has 0 aliphatic carbocycles. The SMILES string of the molecule is CC(C)c1oc(-c2ccc(F)cc2)nc1CC(=O)NC[C@H]1CN(Cc2ccc(Cl)c(Cl)c2)CCO1. The summed E-state index contributed by atoms with van der Waals surface area (Å²) in [5.41, 5.74) is 2.33. The smallest absolute Gasteiger partial charge is 0.226 e. The number of carbonyl (C=O) groups is 1. The summed E-state index contributed by atoms with van der Waals surface area (Å²) in [4.78, 5) is 19.5. The topological polar surface area (TPSA) is 67.6 Å². The fraction of sp³-hybridized carbons (Fsp3) is 0.385. The Labute approximate surface area is 214 Å². The number of oxazole rings is 1. The summed E-state index contributed by atoms with van der Waals surface area (Å²) < 4.78 is 25.0. The van der Waals surface area contributed by atoms with E-state index in [9.17, 15) is 9.18 Å². The van der Waals surface area contributed by atoms with Crippen molar-refractivity contribution in [3.05, 3.63) is 75.3 Å². The molecule has 186 valence electrons. The van der Waals surface area contributed by atoms with Crippen LogP contribution in [0.3, 0.4) is 0 Å². The number of aromatic nitrogens is 1. The minimum atomic E-state index is -0.329. The lowest BCUT2D eigenvalue weighted by atomic mass is 10.1. The van der Waals surface area contributed by atoms with E-state index in [4.69, 9.17) is 32.4 Å². The molecule has 2 heterocycles. The van der Waals surface area contributed by atoms with Crippen LogP contribution in [0, 0.1) is 5.82 Å². The van der Waals surface area contributed by atoms with Crippen molar-refractivity contribution in [3.8, 4) is 11.5 Å². The van der Waals surface area contributed by atoms with Crippen molar-refractivity contribution >= 4 is 29.1 Å². The number of carbonyl (C=O) groups excluding carboxylic acids is 1. The largest absolute Gasteiger partial charge is 0.441 e. The standard InChI is InChI=1S/C26H28Cl2FN3O3/c1-16(2)25-23(31-26(35-25)18-4-6-19(29)7-5-18)12-24(33)30-13-20-15-32(9-10-34-20)14-17-3-8-21(27)22(28)11-17/h3-8,11,16,20H,9-10,12-15H2,1-2H3,(H,30,33)/t20-/m0/s1. The highest BCUT2D eigenvalue weighted by atomic mass is 35.5. The number of hydrogen-bond donors (Lipinski definition) is 1. The number of hydrogen-bond acceptors (Lipinski definition) is 5. The number of halogens is 3. The van der Waals surface area contributed by atoms with Crippen molar-refractivity contribution in [2.75, 3.05) is 26.2 Å². The summed E-state index contributed by atoms with van der Waals surface area (Å²) in [5.74, 6) is 0.600. The third-order valence-corrected chi connectivity index (χ3v) is 6.55. The normalized spacial score (nSPS) is 16.6. The third kappa shape index (κ3) is 6.82. The van der Waals surface area contributed by atoms with Gasteiger partial charge in [0.25, 0.3) is 0 Å². The maximum Gasteiger partial charge on any atom is 0.226 e. The molecule has 0 unspecified atom stereocenters. The van der Waals surface area contributed by atoms with Crippen molar-refractivity contribution in [2.45, 2.75) is 38.8 Å². The van der Waals surface area contributed by atoms with Crippen LogP contribution >= 0.6 is 23.2 Å². The van der Waals surface area contributed by atoms with E-state index in [1.54, 1.807) is 18.2 Å². The molecule has 0 bridgehead atoms. The Morgan fingerprint density at radius 2 is 1.97 bits per heavy atom. The van der Waals surface area contributed by atoms with Gasteiger partial charge in [-0.15, -0.1) is 0 Å². The summed E-state index contributed by atoms with van der Waals surface area (Å²) in [7, 11) is 0. The Morgan fingerprint density at radius 3 is 2.69 bits per heavy atom. The van der Waals surface area contributed by atoms with Crippen LogP contribution in [-0.4, -0.2) is 48.1 Å². The second-order valence-corrected chi connectivity index (χ2v) is 9.76. The maximum atomic E-state index is 13.3. The number of morpholine rings is 1. The third-order valence-electron chi connectivity index (χ3n) is 5.81. The van der Waals surface area contributed by atoms with Gasteiger partial charge in [-0.3, -0.25) is 9.69 Å². The lowest BCUT2D eigenvalue weighted by molar-refractivity contribution is -0.121. The first-order valence-electron chi connectivity index (χ1n) is 11.6. The molecule has 1 atom stereocenters. The van der Waals surface area contributed by atoms with Gasteiger partial charge in [0, 0.05) is 37.7 Å². The molecular formula is C26H28Cl2FN3O3. The van der Waals surface area contributed by atoms with E-state index in [0.29, 0.717) is 52.7 Å². The van der Waals surface area contributed by atoms with E-state index in [1.165, 1.54) is 12.1 Å². The first kappa shape index (κ1) is 25.6. The van der Waals surface area contributed by atoms with Crippen LogP contribution < -0.4 is 5.32 Å². The van der Waals surface area contributed by atoms with Gasteiger partial charge in [0.1, 0.15) is 11.6 Å². The second-order valence-electron chi connectivity index (χ2n) is 8.95. The van der Waals surface area contributed by atoms with E-state index < -0.39 is 0 Å². The summed E-state index contributed by atoms with van der Waals surface area (Å²) in [6, 6.07) is 11.6. The zero-order chi connectivity index (χ0) is 24.9. The Bertz CT molecular complexity index is 1170. The molecular weight excluding hydrogens is 492 g/mol. The van der Waals surface area contributed by atoms with Crippen LogP contribution in [0.1, 0.15) is 36.8 Å². The van der Waals surface area contributed by atoms with E-state index >= 15 is 0 Å². The van der Waals surface area contributed by atoms with Crippen LogP contribution in [0.4, 0.5) is 4.39 Å². The Balaban J connectivity index is 1.33. The number of nitrogens with zero attached hydrogens (tertiary/aromatic N) is 2. The maximum absolute atomic E-state index is 13.3. The summed E-state index contributed by atoms with van der Waals surface area (Å²) in [5, 5.41) is 4.04. The van der Waals surface area contributed by atoms with E-state index in [-0.39, 0.29) is 30.2 Å². The van der Waals surface area contributed by atoms with Gasteiger partial charge < -0.3 is 14.5 Å². The predicted octanol–water partition coefficient (Wildman–Crippen LogP) is 5.47. The zero-order valence-electron chi connectivity index (χ0n) is 19.7. The van der Waals surface area contributed by atoms with Crippen molar-refractivity contribution in [1.29, 1.82) is 0 Å². The molecule has 35 heavy (non-hydrogen) atoms. The van der Waals surface area contributed by atoms with E-state index in [1.807, 2.05) is 26.0 Å². The molecule has 0 spiro atoms. The van der Waals surface area contributed by atoms with Crippen molar-refractivity contribution in [3.63, 3.8) is 0 Å². The minimum absolute atomic E-state index is 0.0519. The molecule has 1 aliphatic rings. The quantitative estimate of drug-likeness (QED) is 0.427. The summed E-state index contributed by atoms with van der Waals surface area (Å²) in [6.45, 7) is 7.17. The number of amides is 1. The Morgan fingerprint density at radius 1 is 1.20 bits per heavy atom. The Kier molecular flexibility index (Phi) is 8.44. The molecule has 0 radical (unpaired) electrons. The molecule has 1 N–H and O–H groups in total. The summed E-state index contributed by atoms with van der Waals surface area (Å²) >= 11 is 12.1. The van der Waals surface area contributed by atoms with Gasteiger partial charge in [-0.2, -0.15) is 0 Å². The van der Waals surface area contributed by atoms with Gasteiger partial charge in [-0.05, 0) is 42.0 Å². The van der Waals surface area contributed by atoms with Crippen molar-refractivity contribution in [1.82, 2.24) is 15.2 Å². The average molecular weight is 520 g/mol. The van der Waals surface area contributed by atoms with E-state index in [2.05, 4.69) is 15.2 Å². The predicted molar refractivity (Wildman–Crippen MR) is 134 cm³/mol. The fourth-order valence-electron chi connectivity index (χ4n) is 4.04. The van der Waals surface area contributed by atoms with Crippen LogP contribution in [0.25, 0.3) is 11.5 Å². The fourth-order valence-corrected chi connectivity index (χ4v) is 4.36. The van der Waals surface area contributed by atoms with Crippen LogP contribution in [0.5, 0.6) is 0 Å². The van der Waals surface area contributed by atoms with Gasteiger partial charge in [-0.25, -0.2) is 9.37 Å². The molecule has 1 amide bonds. The molecule has 1 fully saturated rings. The van der Waals surface area contributed by atoms with Gasteiger partial charge in [0.2, 0.25) is 11.8 Å². The molecule has 1 saturated heterocycles. The molecule has 0 saturated carbocycles. The average Bonchev–Trinajstić information content (AvgIpc) is 3.25. The molecule has 1 aromatic heterocycles. The number of benzene rings is 2. The minimum Gasteiger partial charge on any atom is -0.441 e. The first-order valence-corrected chi connectivity index (χ1v) is 12.3. The lowest BCUT2D eigenvalue weighted by Gasteiger charge is -2.33. The van der Waals surface area contributed by atoms with Crippen LogP contribution in [0.2, 0.25) is 10.0 Å². The van der Waals surface area contributed by atoms with Crippen molar-refractivity contribution < 1.29 is 18.3 Å². The van der Waals surface area contributed by atoms with Gasteiger partial charge >= 0.3 is 0 Å². The van der Waals surface area contributed by atoms with Crippen LogP contribution in [0.15, 0.2) is 46.9 Å². The lowest BCUT2D eigenvalue weighted by Crippen LogP contribution is -2.47. The highest BCUT2D eigenvalue weighted by Crippen LogP contribution is 2.28. The van der Waals surface area contributed by atoms with E-state index in [0.717, 1.165) is 18.7 Å². The Hall–Kier alpha value is -2.45. The number of rotatable bonds is 8. The van der Waals surface area contributed by atoms with Gasteiger partial charge in [0.15, 0.2) is 0 Å². The van der Waals surface area contributed by atoms with Crippen molar-refractivity contribution in [2.24, 2.45) is 0 Å². The zero-order valence-corrected chi connectivity index (χ0v) is 21.2. The second kappa shape index (κ2) is 11.5. The molecule has 6 nitrogen and oxygen atoms in total. The molecule has 2 aromatic carbocycles. The molecule has 9 heteroatoms. The molecule has 1 aliphatic heterocycles. The molecule has 3 aromatic rings. The number of ether oxygens (including phenoxy) is 1. The number of nitrogens with one attached hydrogen (secondary N) is 1. The van der Waals surface area contributed by atoms with Gasteiger partial charge in [-0.1, -0.05) is 43.1 Å². The monoisotopic (exact) mass is 519 g/mol. The highest BCUT2D eigenvalue weighted by molar-refractivity contribution is 6.42. The first-order chi connectivity index (χ1) is 16.8. The highest BCUT2D eigenvalue weighted by Gasteiger charge is 2.23. The molecule has 4 rings (SSSR count). The van der Waals surface area contributed by atoms with Crippen LogP contribution in [-0.2, 0) is 22.5 Å². The van der Waals surface area contributed by atoms with Gasteiger partial charge in [0.05, 0.1) is 34.9 Å².